The SMILES string of the molecule is CC1NC(O)NC(=O)C1S(=O)(=O)NCc1cccnc1. The summed E-state index contributed by atoms with van der Waals surface area (Å²) >= 11 is 0. The van der Waals surface area contributed by atoms with Gasteiger partial charge in [-0.15, -0.1) is 0 Å². The molecular formula is C11H16N4O4S. The molecule has 4 N–H and O–H groups in total. The van der Waals surface area contributed by atoms with Crippen molar-refractivity contribution in [1.82, 2.24) is 20.3 Å². The first-order valence-electron chi connectivity index (χ1n) is 6.02. The van der Waals surface area contributed by atoms with Gasteiger partial charge < -0.3 is 10.4 Å². The molecule has 110 valence electrons. The van der Waals surface area contributed by atoms with Crippen LogP contribution in [0.1, 0.15) is 12.5 Å². The third-order valence-corrected chi connectivity index (χ3v) is 4.78. The van der Waals surface area contributed by atoms with Crippen LogP contribution in [-0.2, 0) is 21.4 Å². The van der Waals surface area contributed by atoms with E-state index in [1.807, 2.05) is 0 Å². The number of rotatable bonds is 4. The van der Waals surface area contributed by atoms with Gasteiger partial charge in [0.2, 0.25) is 15.9 Å². The maximum absolute atomic E-state index is 12.2. The molecule has 1 aliphatic heterocycles. The number of pyridine rings is 1. The molecule has 9 heteroatoms. The lowest BCUT2D eigenvalue weighted by Gasteiger charge is -2.32. The fourth-order valence-electron chi connectivity index (χ4n) is 2.01. The molecule has 1 fully saturated rings. The van der Waals surface area contributed by atoms with Crippen molar-refractivity contribution in [2.24, 2.45) is 0 Å². The standard InChI is InChI=1S/C11H16N4O4S/c1-7-9(10(16)15-11(17)14-7)20(18,19)13-6-8-3-2-4-12-5-8/h2-5,7,9,11,13-14,17H,6H2,1H3,(H,15,16). The zero-order valence-corrected chi connectivity index (χ0v) is 11.6. The minimum atomic E-state index is -3.87. The van der Waals surface area contributed by atoms with E-state index < -0.39 is 33.6 Å². The molecule has 1 amide bonds. The molecule has 3 unspecified atom stereocenters. The van der Waals surface area contributed by atoms with Gasteiger partial charge in [0.15, 0.2) is 11.6 Å². The summed E-state index contributed by atoms with van der Waals surface area (Å²) in [6.07, 6.45) is 1.89. The Morgan fingerprint density at radius 1 is 1.50 bits per heavy atom. The Labute approximate surface area is 116 Å². The van der Waals surface area contributed by atoms with Gasteiger partial charge in [-0.05, 0) is 18.6 Å². The average Bonchev–Trinajstić information content (AvgIpc) is 2.36. The first kappa shape index (κ1) is 14.9. The lowest BCUT2D eigenvalue weighted by molar-refractivity contribution is -0.127. The number of nitrogens with one attached hydrogen (secondary N) is 3. The van der Waals surface area contributed by atoms with E-state index in [4.69, 9.17) is 0 Å². The highest BCUT2D eigenvalue weighted by Crippen LogP contribution is 2.11. The number of hydrogen-bond acceptors (Lipinski definition) is 6. The number of hydrogen-bond donors (Lipinski definition) is 4. The van der Waals surface area contributed by atoms with Crippen molar-refractivity contribution in [1.29, 1.82) is 0 Å². The smallest absolute Gasteiger partial charge is 0.244 e. The minimum absolute atomic E-state index is 0.0508. The van der Waals surface area contributed by atoms with Crippen molar-refractivity contribution in [2.75, 3.05) is 0 Å². The number of amides is 1. The second kappa shape index (κ2) is 5.83. The molecule has 0 aliphatic carbocycles. The highest BCUT2D eigenvalue weighted by Gasteiger charge is 2.41. The van der Waals surface area contributed by atoms with Crippen molar-refractivity contribution in [2.45, 2.75) is 31.1 Å². The summed E-state index contributed by atoms with van der Waals surface area (Å²) in [6, 6.07) is 2.71. The summed E-state index contributed by atoms with van der Waals surface area (Å²) in [5, 5.41) is 12.7. The molecule has 2 heterocycles. The fraction of sp³-hybridized carbons (Fsp3) is 0.455. The largest absolute Gasteiger partial charge is 0.361 e. The van der Waals surface area contributed by atoms with Crippen molar-refractivity contribution < 1.29 is 18.3 Å². The molecule has 2 rings (SSSR count). The van der Waals surface area contributed by atoms with Crippen LogP contribution in [0.3, 0.4) is 0 Å². The monoisotopic (exact) mass is 300 g/mol. The van der Waals surface area contributed by atoms with Crippen LogP contribution in [0.5, 0.6) is 0 Å². The summed E-state index contributed by atoms with van der Waals surface area (Å²) in [5.41, 5.74) is 0.688. The van der Waals surface area contributed by atoms with E-state index in [0.29, 0.717) is 5.56 Å². The summed E-state index contributed by atoms with van der Waals surface area (Å²) in [4.78, 5) is 15.6. The van der Waals surface area contributed by atoms with E-state index in [1.54, 1.807) is 18.3 Å². The first-order valence-corrected chi connectivity index (χ1v) is 7.56. The van der Waals surface area contributed by atoms with Crippen molar-refractivity contribution in [3.8, 4) is 0 Å². The maximum atomic E-state index is 12.2. The lowest BCUT2D eigenvalue weighted by atomic mass is 10.2. The van der Waals surface area contributed by atoms with Crippen LogP contribution in [0.4, 0.5) is 0 Å². The Kier molecular flexibility index (Phi) is 4.33. The van der Waals surface area contributed by atoms with Crippen LogP contribution in [0.25, 0.3) is 0 Å². The number of sulfonamides is 1. The van der Waals surface area contributed by atoms with Gasteiger partial charge in [0.1, 0.15) is 0 Å². The molecule has 0 aromatic carbocycles. The molecule has 0 spiro atoms. The topological polar surface area (TPSA) is 120 Å². The van der Waals surface area contributed by atoms with Crippen LogP contribution in [0, 0.1) is 0 Å². The van der Waals surface area contributed by atoms with E-state index in [2.05, 4.69) is 20.3 Å². The van der Waals surface area contributed by atoms with Crippen molar-refractivity contribution >= 4 is 15.9 Å². The van der Waals surface area contributed by atoms with Gasteiger partial charge in [-0.2, -0.15) is 0 Å². The molecule has 20 heavy (non-hydrogen) atoms. The summed E-state index contributed by atoms with van der Waals surface area (Å²) < 4.78 is 26.7. The molecule has 1 aromatic heterocycles. The first-order chi connectivity index (χ1) is 9.40. The van der Waals surface area contributed by atoms with Crippen LogP contribution in [0.15, 0.2) is 24.5 Å². The van der Waals surface area contributed by atoms with Gasteiger partial charge in [0.25, 0.3) is 0 Å². The normalized spacial score (nSPS) is 27.1. The van der Waals surface area contributed by atoms with Gasteiger partial charge in [-0.3, -0.25) is 15.1 Å². The third-order valence-electron chi connectivity index (χ3n) is 2.95. The van der Waals surface area contributed by atoms with Gasteiger partial charge in [-0.25, -0.2) is 13.1 Å². The summed E-state index contributed by atoms with van der Waals surface area (Å²) in [6.45, 7) is 1.57. The van der Waals surface area contributed by atoms with Crippen molar-refractivity contribution in [3.05, 3.63) is 30.1 Å². The Balaban J connectivity index is 2.08. The second-order valence-electron chi connectivity index (χ2n) is 4.51. The van der Waals surface area contributed by atoms with E-state index >= 15 is 0 Å². The molecular weight excluding hydrogens is 284 g/mol. The molecule has 3 atom stereocenters. The lowest BCUT2D eigenvalue weighted by Crippen LogP contribution is -2.66. The highest BCUT2D eigenvalue weighted by molar-refractivity contribution is 7.90. The van der Waals surface area contributed by atoms with Gasteiger partial charge in [0, 0.05) is 25.0 Å². The minimum Gasteiger partial charge on any atom is -0.361 e. The number of aliphatic hydroxyl groups excluding tert-OH is 1. The van der Waals surface area contributed by atoms with Gasteiger partial charge >= 0.3 is 0 Å². The Hall–Kier alpha value is -1.55. The van der Waals surface area contributed by atoms with Crippen LogP contribution >= 0.6 is 0 Å². The predicted molar refractivity (Wildman–Crippen MR) is 70.5 cm³/mol. The van der Waals surface area contributed by atoms with Crippen molar-refractivity contribution in [3.63, 3.8) is 0 Å². The molecule has 0 radical (unpaired) electrons. The Morgan fingerprint density at radius 3 is 2.85 bits per heavy atom. The van der Waals surface area contributed by atoms with Crippen LogP contribution < -0.4 is 15.4 Å². The molecule has 1 aliphatic rings. The number of carbonyl (C=O) groups is 1. The third kappa shape index (κ3) is 3.31. The zero-order chi connectivity index (χ0) is 14.8. The average molecular weight is 300 g/mol. The zero-order valence-electron chi connectivity index (χ0n) is 10.8. The van der Waals surface area contributed by atoms with Gasteiger partial charge in [0.05, 0.1) is 0 Å². The number of nitrogens with zero attached hydrogens (tertiary/aromatic N) is 1. The maximum Gasteiger partial charge on any atom is 0.244 e. The molecule has 1 aromatic rings. The highest BCUT2D eigenvalue weighted by atomic mass is 32.2. The predicted octanol–water partition coefficient (Wildman–Crippen LogP) is -1.75. The second-order valence-corrected chi connectivity index (χ2v) is 6.40. The molecule has 0 saturated carbocycles. The summed E-state index contributed by atoms with van der Waals surface area (Å²) in [7, 11) is -3.87. The fourth-order valence-corrected chi connectivity index (χ4v) is 3.52. The Morgan fingerprint density at radius 2 is 2.25 bits per heavy atom. The summed E-state index contributed by atoms with van der Waals surface area (Å²) in [5.74, 6) is -0.734. The van der Waals surface area contributed by atoms with Gasteiger partial charge in [-0.1, -0.05) is 6.07 Å². The van der Waals surface area contributed by atoms with Crippen LogP contribution in [-0.4, -0.2) is 42.1 Å². The van der Waals surface area contributed by atoms with E-state index in [1.165, 1.54) is 13.1 Å². The van der Waals surface area contributed by atoms with Crippen LogP contribution in [0.2, 0.25) is 0 Å². The van der Waals surface area contributed by atoms with E-state index in [9.17, 15) is 18.3 Å². The van der Waals surface area contributed by atoms with E-state index in [-0.39, 0.29) is 6.54 Å². The van der Waals surface area contributed by atoms with E-state index in [0.717, 1.165) is 0 Å². The Bertz CT molecular complexity index is 577. The number of carbonyl (C=O) groups excluding carboxylic acids is 1. The molecule has 1 saturated heterocycles. The quantitative estimate of drug-likeness (QED) is 0.523. The molecule has 8 nitrogen and oxygen atoms in total. The number of aromatic nitrogens is 1. The molecule has 0 bridgehead atoms. The number of aliphatic hydroxyl groups is 1.